The van der Waals surface area contributed by atoms with Crippen molar-refractivity contribution in [1.82, 2.24) is 0 Å². The van der Waals surface area contributed by atoms with Crippen LogP contribution in [-0.4, -0.2) is 22.4 Å². The molecule has 1 unspecified atom stereocenters. The second-order valence-electron chi connectivity index (χ2n) is 7.70. The van der Waals surface area contributed by atoms with E-state index in [1.165, 1.54) is 63.9 Å². The van der Waals surface area contributed by atoms with Crippen LogP contribution in [0.1, 0.15) is 84.0 Å². The van der Waals surface area contributed by atoms with Crippen molar-refractivity contribution in [2.75, 3.05) is 6.61 Å². The predicted octanol–water partition coefficient (Wildman–Crippen LogP) is 5.96. The van der Waals surface area contributed by atoms with E-state index in [1.54, 1.807) is 0 Å². The minimum Gasteiger partial charge on any atom is -0.393 e. The summed E-state index contributed by atoms with van der Waals surface area (Å²) in [6, 6.07) is 0. The molecule has 2 nitrogen and oxygen atoms in total. The first-order valence-electron chi connectivity index (χ1n) is 10.5. The van der Waals surface area contributed by atoms with Gasteiger partial charge in [0.25, 0.3) is 0 Å². The lowest BCUT2D eigenvalue weighted by atomic mass is 9.89. The van der Waals surface area contributed by atoms with Gasteiger partial charge in [0.15, 0.2) is 0 Å². The van der Waals surface area contributed by atoms with Crippen LogP contribution in [0.4, 0.5) is 0 Å². The molecule has 0 aliphatic heterocycles. The van der Waals surface area contributed by atoms with E-state index in [9.17, 15) is 5.11 Å². The smallest absolute Gasteiger partial charge is 0.105 e. The van der Waals surface area contributed by atoms with Crippen LogP contribution in [-0.2, 0) is 0 Å². The Morgan fingerprint density at radius 1 is 1.12 bits per heavy atom. The standard InChI is InChI=1S/C23H40O2/c1-3-5-6-7-8-11-15-21-17-14-18-22(21)16-12-9-10-13-19-23(25,4-2)20-24/h4,11,14-15,17,21-22,24-25H,2-3,5-10,12-13,16,18-20H2,1H3/t21-,22-,23?/m0/s1. The normalized spacial score (nSPS) is 22.5. The lowest BCUT2D eigenvalue weighted by molar-refractivity contribution is 0.0186. The molecule has 1 rings (SSSR count). The van der Waals surface area contributed by atoms with Crippen LogP contribution in [0.25, 0.3) is 0 Å². The van der Waals surface area contributed by atoms with E-state index in [4.69, 9.17) is 5.11 Å². The van der Waals surface area contributed by atoms with E-state index in [0.717, 1.165) is 18.8 Å². The van der Waals surface area contributed by atoms with Gasteiger partial charge in [-0.3, -0.25) is 0 Å². The third-order valence-electron chi connectivity index (χ3n) is 5.51. The van der Waals surface area contributed by atoms with Gasteiger partial charge in [-0.15, -0.1) is 6.58 Å². The Hall–Kier alpha value is -0.860. The SMILES string of the molecule is C=CC(O)(CO)CCCCCC[C@H]1CC=C[C@@H]1C=CCCCCCC. The minimum atomic E-state index is -1.08. The van der Waals surface area contributed by atoms with Gasteiger partial charge in [-0.25, -0.2) is 0 Å². The molecule has 0 aromatic heterocycles. The van der Waals surface area contributed by atoms with E-state index >= 15 is 0 Å². The zero-order valence-corrected chi connectivity index (χ0v) is 16.3. The van der Waals surface area contributed by atoms with Crippen LogP contribution in [0.2, 0.25) is 0 Å². The first-order valence-corrected chi connectivity index (χ1v) is 10.5. The molecule has 0 radical (unpaired) electrons. The first-order chi connectivity index (χ1) is 12.1. The Labute approximate surface area is 155 Å². The van der Waals surface area contributed by atoms with Crippen molar-refractivity contribution < 1.29 is 10.2 Å². The molecular weight excluding hydrogens is 308 g/mol. The van der Waals surface area contributed by atoms with Crippen molar-refractivity contribution >= 4 is 0 Å². The van der Waals surface area contributed by atoms with Gasteiger partial charge in [-0.2, -0.15) is 0 Å². The average molecular weight is 349 g/mol. The molecule has 2 N–H and O–H groups in total. The van der Waals surface area contributed by atoms with Gasteiger partial charge in [0.2, 0.25) is 0 Å². The van der Waals surface area contributed by atoms with Crippen molar-refractivity contribution in [1.29, 1.82) is 0 Å². The maximum Gasteiger partial charge on any atom is 0.105 e. The van der Waals surface area contributed by atoms with Gasteiger partial charge < -0.3 is 10.2 Å². The predicted molar refractivity (Wildman–Crippen MR) is 109 cm³/mol. The fraction of sp³-hybridized carbons (Fsp3) is 0.739. The Kier molecular flexibility index (Phi) is 11.9. The van der Waals surface area contributed by atoms with E-state index < -0.39 is 5.60 Å². The molecular formula is C23H40O2. The number of unbranched alkanes of at least 4 members (excludes halogenated alkanes) is 7. The van der Waals surface area contributed by atoms with Gasteiger partial charge in [0.05, 0.1) is 6.61 Å². The largest absolute Gasteiger partial charge is 0.393 e. The summed E-state index contributed by atoms with van der Waals surface area (Å²) in [5.41, 5.74) is -1.08. The number of aliphatic hydroxyl groups is 2. The third-order valence-corrected chi connectivity index (χ3v) is 5.51. The molecule has 0 bridgehead atoms. The summed E-state index contributed by atoms with van der Waals surface area (Å²) in [5.74, 6) is 1.43. The van der Waals surface area contributed by atoms with E-state index in [-0.39, 0.29) is 6.61 Å². The molecule has 0 aromatic carbocycles. The zero-order valence-electron chi connectivity index (χ0n) is 16.3. The lowest BCUT2D eigenvalue weighted by Gasteiger charge is -2.21. The molecule has 1 aliphatic carbocycles. The molecule has 3 atom stereocenters. The Morgan fingerprint density at radius 2 is 1.88 bits per heavy atom. The highest BCUT2D eigenvalue weighted by atomic mass is 16.3. The fourth-order valence-corrected chi connectivity index (χ4v) is 3.64. The first kappa shape index (κ1) is 22.2. The van der Waals surface area contributed by atoms with Crippen molar-refractivity contribution in [3.05, 3.63) is 37.0 Å². The van der Waals surface area contributed by atoms with Gasteiger partial charge in [-0.05, 0) is 43.9 Å². The summed E-state index contributed by atoms with van der Waals surface area (Å²) < 4.78 is 0. The van der Waals surface area contributed by atoms with Crippen molar-refractivity contribution in [2.24, 2.45) is 11.8 Å². The third kappa shape index (κ3) is 9.42. The minimum absolute atomic E-state index is 0.225. The highest BCUT2D eigenvalue weighted by Crippen LogP contribution is 2.31. The Balaban J connectivity index is 2.11. The van der Waals surface area contributed by atoms with Gasteiger partial charge in [0.1, 0.15) is 5.60 Å². The molecule has 0 heterocycles. The van der Waals surface area contributed by atoms with Crippen LogP contribution in [0.3, 0.4) is 0 Å². The summed E-state index contributed by atoms with van der Waals surface area (Å²) in [6.07, 6.45) is 25.3. The number of hydrogen-bond donors (Lipinski definition) is 2. The quantitative estimate of drug-likeness (QED) is 0.283. The summed E-state index contributed by atoms with van der Waals surface area (Å²) in [4.78, 5) is 0. The molecule has 0 spiro atoms. The van der Waals surface area contributed by atoms with Crippen molar-refractivity contribution in [2.45, 2.75) is 89.6 Å². The average Bonchev–Trinajstić information content (AvgIpc) is 3.08. The van der Waals surface area contributed by atoms with Crippen LogP contribution in [0, 0.1) is 11.8 Å². The van der Waals surface area contributed by atoms with Crippen LogP contribution >= 0.6 is 0 Å². The molecule has 0 saturated carbocycles. The monoisotopic (exact) mass is 348 g/mol. The molecule has 1 aliphatic rings. The number of hydrogen-bond acceptors (Lipinski definition) is 2. The summed E-state index contributed by atoms with van der Waals surface area (Å²) in [7, 11) is 0. The molecule has 0 saturated heterocycles. The van der Waals surface area contributed by atoms with Gasteiger partial charge in [0, 0.05) is 0 Å². The topological polar surface area (TPSA) is 40.5 Å². The maximum absolute atomic E-state index is 9.96. The summed E-state index contributed by atoms with van der Waals surface area (Å²) in [5, 5.41) is 19.1. The molecule has 144 valence electrons. The van der Waals surface area contributed by atoms with Crippen molar-refractivity contribution in [3.63, 3.8) is 0 Å². The second-order valence-corrected chi connectivity index (χ2v) is 7.70. The Morgan fingerprint density at radius 3 is 2.60 bits per heavy atom. The maximum atomic E-state index is 9.96. The fourth-order valence-electron chi connectivity index (χ4n) is 3.64. The summed E-state index contributed by atoms with van der Waals surface area (Å²) >= 11 is 0. The van der Waals surface area contributed by atoms with Crippen LogP contribution < -0.4 is 0 Å². The van der Waals surface area contributed by atoms with Crippen molar-refractivity contribution in [3.8, 4) is 0 Å². The zero-order chi connectivity index (χ0) is 18.4. The molecule has 0 aromatic rings. The number of rotatable bonds is 15. The van der Waals surface area contributed by atoms with E-state index in [2.05, 4.69) is 37.8 Å². The second kappa shape index (κ2) is 13.4. The Bertz CT molecular complexity index is 399. The van der Waals surface area contributed by atoms with Crippen LogP contribution in [0.15, 0.2) is 37.0 Å². The lowest BCUT2D eigenvalue weighted by Crippen LogP contribution is -2.30. The van der Waals surface area contributed by atoms with E-state index in [1.807, 2.05) is 0 Å². The molecule has 0 fully saturated rings. The molecule has 25 heavy (non-hydrogen) atoms. The van der Waals surface area contributed by atoms with Crippen LogP contribution in [0.5, 0.6) is 0 Å². The van der Waals surface area contributed by atoms with Gasteiger partial charge in [-0.1, -0.05) is 82.2 Å². The number of allylic oxidation sites excluding steroid dienone is 4. The van der Waals surface area contributed by atoms with Gasteiger partial charge >= 0.3 is 0 Å². The summed E-state index contributed by atoms with van der Waals surface area (Å²) in [6.45, 7) is 5.64. The highest BCUT2D eigenvalue weighted by molar-refractivity contribution is 5.09. The van der Waals surface area contributed by atoms with E-state index in [0.29, 0.717) is 12.3 Å². The highest BCUT2D eigenvalue weighted by Gasteiger charge is 2.21. The number of aliphatic hydroxyl groups excluding tert-OH is 1. The molecule has 2 heteroatoms. The molecule has 0 amide bonds.